The highest BCUT2D eigenvalue weighted by Gasteiger charge is 2.36. The molecular weight excluding hydrogens is 895 g/mol. The van der Waals surface area contributed by atoms with Crippen LogP contribution in [0, 0.1) is 5.92 Å². The summed E-state index contributed by atoms with van der Waals surface area (Å²) < 4.78 is 29.0. The molecule has 8 rings (SSSR count). The van der Waals surface area contributed by atoms with Crippen LogP contribution in [0.4, 0.5) is 0 Å². The molecule has 6 N–H and O–H groups in total. The second-order valence-corrected chi connectivity index (χ2v) is 17.0. The standard InChI is InChI=1S/C47H52Cl2N6O11/c1-23(2)16-32(50-4)43(57)52-33-19-25-8-14-35(30(48)17-25)65-37-21-28-22-38(41(37)63-6)66-36-15-9-26(18-31(36)49)20-34(47(61)64-7)53-45(59)39(27-10-12-29(62-5)13-11-27)55-46(60)40(28)54-42(56)24(3)51-44(33)58/h8-15,17-18,21-24,32-34,39-40,50H,16,19-20H2,1-7H3,(H,51,58)(H,52,57)(H,53,59)(H,54,56)(H,55,60)/t24-,32-,33+,34-,39+,40+/m0/s1. The number of methoxy groups -OCH3 is 3. The number of nitrogens with one attached hydrogen (secondary N) is 6. The molecule has 0 saturated carbocycles. The van der Waals surface area contributed by atoms with Gasteiger partial charge >= 0.3 is 5.97 Å². The zero-order valence-corrected chi connectivity index (χ0v) is 38.8. The maximum atomic E-state index is 14.9. The fourth-order valence-electron chi connectivity index (χ4n) is 7.50. The molecule has 0 spiro atoms. The second kappa shape index (κ2) is 21.6. The Morgan fingerprint density at radius 2 is 1.26 bits per heavy atom. The predicted octanol–water partition coefficient (Wildman–Crippen LogP) is 5.00. The van der Waals surface area contributed by atoms with Crippen molar-refractivity contribution in [2.75, 3.05) is 28.4 Å². The minimum atomic E-state index is -1.66. The number of benzene rings is 4. The van der Waals surface area contributed by atoms with E-state index in [-0.39, 0.29) is 68.7 Å². The van der Waals surface area contributed by atoms with Gasteiger partial charge in [0, 0.05) is 12.8 Å². The number of fused-ring (bicyclic) bond motifs is 16. The number of esters is 1. The van der Waals surface area contributed by atoms with Gasteiger partial charge in [0.15, 0.2) is 11.5 Å². The highest BCUT2D eigenvalue weighted by Crippen LogP contribution is 2.46. The molecule has 4 aliphatic rings. The number of ether oxygens (including phenoxy) is 5. The van der Waals surface area contributed by atoms with Gasteiger partial charge in [-0.1, -0.05) is 61.3 Å². The van der Waals surface area contributed by atoms with Gasteiger partial charge in [0.1, 0.15) is 47.5 Å². The third kappa shape index (κ3) is 11.6. The molecule has 4 aliphatic heterocycles. The van der Waals surface area contributed by atoms with Gasteiger partial charge in [-0.25, -0.2) is 4.79 Å². The van der Waals surface area contributed by atoms with E-state index < -0.39 is 71.8 Å². The summed E-state index contributed by atoms with van der Waals surface area (Å²) in [5.41, 5.74) is 1.42. The SMILES string of the molecule is CN[C@@H](CC(C)C)C(=O)N[C@@H]1Cc2ccc(c(Cl)c2)Oc2cc3cc(c2OC)Oc2ccc(cc2Cl)C[C@@H](C(=O)OC)NC(=O)[C@@H](c2ccc(OC)cc2)NC(=O)[C@@H]3NC(=O)[C@H](C)NC1=O. The highest BCUT2D eigenvalue weighted by atomic mass is 35.5. The van der Waals surface area contributed by atoms with Gasteiger partial charge in [0.25, 0.3) is 0 Å². The molecule has 17 nitrogen and oxygen atoms in total. The molecule has 4 aromatic rings. The molecule has 7 bridgehead atoms. The molecule has 350 valence electrons. The van der Waals surface area contributed by atoms with Crippen molar-refractivity contribution in [3.63, 3.8) is 0 Å². The predicted molar refractivity (Wildman–Crippen MR) is 244 cm³/mol. The van der Waals surface area contributed by atoms with E-state index in [0.717, 1.165) is 0 Å². The molecule has 0 aliphatic carbocycles. The van der Waals surface area contributed by atoms with Gasteiger partial charge in [-0.3, -0.25) is 24.0 Å². The Hall–Kier alpha value is -6.56. The molecule has 0 fully saturated rings. The van der Waals surface area contributed by atoms with E-state index in [0.29, 0.717) is 23.3 Å². The van der Waals surface area contributed by atoms with Gasteiger partial charge in [-0.15, -0.1) is 0 Å². The van der Waals surface area contributed by atoms with Crippen molar-refractivity contribution >= 4 is 58.7 Å². The lowest BCUT2D eigenvalue weighted by Crippen LogP contribution is -2.57. The van der Waals surface area contributed by atoms with E-state index in [1.807, 2.05) is 13.8 Å². The van der Waals surface area contributed by atoms with E-state index in [4.69, 9.17) is 46.9 Å². The molecular formula is C47H52Cl2N6O11. The van der Waals surface area contributed by atoms with Crippen LogP contribution in [0.25, 0.3) is 0 Å². The number of amides is 5. The van der Waals surface area contributed by atoms with Crippen LogP contribution in [-0.2, 0) is 46.3 Å². The average Bonchev–Trinajstić information content (AvgIpc) is 3.29. The molecule has 0 saturated heterocycles. The van der Waals surface area contributed by atoms with Gasteiger partial charge in [0.05, 0.1) is 37.4 Å². The van der Waals surface area contributed by atoms with E-state index >= 15 is 0 Å². The van der Waals surface area contributed by atoms with Crippen molar-refractivity contribution in [3.05, 3.63) is 105 Å². The van der Waals surface area contributed by atoms with Crippen LogP contribution in [0.5, 0.6) is 34.5 Å². The number of carbonyl (C=O) groups excluding carboxylic acids is 6. The van der Waals surface area contributed by atoms with Crippen molar-refractivity contribution in [1.29, 1.82) is 0 Å². The molecule has 19 heteroatoms. The number of hydrogen-bond acceptors (Lipinski definition) is 12. The second-order valence-electron chi connectivity index (χ2n) is 16.2. The summed E-state index contributed by atoms with van der Waals surface area (Å²) in [7, 11) is 5.66. The highest BCUT2D eigenvalue weighted by molar-refractivity contribution is 6.32. The summed E-state index contributed by atoms with van der Waals surface area (Å²) in [4.78, 5) is 84.4. The summed E-state index contributed by atoms with van der Waals surface area (Å²) in [5, 5.41) is 16.9. The Morgan fingerprint density at radius 3 is 1.79 bits per heavy atom. The van der Waals surface area contributed by atoms with Crippen LogP contribution in [0.1, 0.15) is 61.5 Å². The first kappa shape index (κ1) is 48.9. The first-order valence-electron chi connectivity index (χ1n) is 21.1. The molecule has 66 heavy (non-hydrogen) atoms. The van der Waals surface area contributed by atoms with Crippen molar-refractivity contribution in [2.45, 2.75) is 76.3 Å². The van der Waals surface area contributed by atoms with Crippen LogP contribution in [-0.4, -0.2) is 88.0 Å². The molecule has 6 atom stereocenters. The summed E-state index contributed by atoms with van der Waals surface area (Å²) in [6, 6.07) is 11.2. The lowest BCUT2D eigenvalue weighted by atomic mass is 9.99. The van der Waals surface area contributed by atoms with Crippen molar-refractivity contribution in [1.82, 2.24) is 31.9 Å². The Bertz CT molecular complexity index is 2490. The van der Waals surface area contributed by atoms with E-state index in [1.165, 1.54) is 40.4 Å². The summed E-state index contributed by atoms with van der Waals surface area (Å²) >= 11 is 13.7. The molecule has 4 heterocycles. The van der Waals surface area contributed by atoms with Crippen LogP contribution in [0.3, 0.4) is 0 Å². The third-order valence-corrected chi connectivity index (χ3v) is 11.6. The zero-order valence-electron chi connectivity index (χ0n) is 37.3. The zero-order chi connectivity index (χ0) is 47.8. The monoisotopic (exact) mass is 946 g/mol. The Labute approximate surface area is 391 Å². The molecule has 0 radical (unpaired) electrons. The van der Waals surface area contributed by atoms with E-state index in [9.17, 15) is 28.8 Å². The third-order valence-electron chi connectivity index (χ3n) is 11.0. The summed E-state index contributed by atoms with van der Waals surface area (Å²) in [6.07, 6.45) is 0.384. The largest absolute Gasteiger partial charge is 0.497 e. The van der Waals surface area contributed by atoms with E-state index in [2.05, 4.69) is 31.9 Å². The minimum Gasteiger partial charge on any atom is -0.497 e. The maximum absolute atomic E-state index is 14.9. The average molecular weight is 948 g/mol. The molecule has 5 amide bonds. The Balaban J connectivity index is 1.53. The molecule has 0 aromatic heterocycles. The number of rotatable bonds is 9. The van der Waals surface area contributed by atoms with Gasteiger partial charge in [-0.05, 0) is 97.1 Å². The van der Waals surface area contributed by atoms with Crippen molar-refractivity contribution < 1.29 is 52.5 Å². The quantitative estimate of drug-likeness (QED) is 0.122. The summed E-state index contributed by atoms with van der Waals surface area (Å²) in [6.45, 7) is 5.35. The maximum Gasteiger partial charge on any atom is 0.328 e. The van der Waals surface area contributed by atoms with Gasteiger partial charge < -0.3 is 55.6 Å². The van der Waals surface area contributed by atoms with Crippen LogP contribution < -0.4 is 50.8 Å². The van der Waals surface area contributed by atoms with Gasteiger partial charge in [0.2, 0.25) is 35.3 Å². The Kier molecular flexibility index (Phi) is 16.0. The smallest absolute Gasteiger partial charge is 0.328 e. The van der Waals surface area contributed by atoms with Gasteiger partial charge in [-0.2, -0.15) is 0 Å². The number of halogens is 2. The van der Waals surface area contributed by atoms with Crippen molar-refractivity contribution in [3.8, 4) is 34.5 Å². The molecule has 0 unspecified atom stereocenters. The number of hydrogen-bond donors (Lipinski definition) is 6. The van der Waals surface area contributed by atoms with Crippen LogP contribution in [0.15, 0.2) is 72.8 Å². The Morgan fingerprint density at radius 1 is 0.697 bits per heavy atom. The lowest BCUT2D eigenvalue weighted by Gasteiger charge is -2.28. The fourth-order valence-corrected chi connectivity index (χ4v) is 7.99. The number of carbonyl (C=O) groups is 6. The first-order valence-corrected chi connectivity index (χ1v) is 21.8. The van der Waals surface area contributed by atoms with Crippen LogP contribution in [0.2, 0.25) is 10.0 Å². The first-order chi connectivity index (χ1) is 31.5. The van der Waals surface area contributed by atoms with E-state index in [1.54, 1.807) is 67.7 Å². The fraction of sp³-hybridized carbons (Fsp3) is 0.362. The normalized spacial score (nSPS) is 20.5. The van der Waals surface area contributed by atoms with Crippen molar-refractivity contribution in [2.24, 2.45) is 5.92 Å². The topological polar surface area (TPSA) is 221 Å². The summed E-state index contributed by atoms with van der Waals surface area (Å²) in [5.74, 6) is -3.56. The lowest BCUT2D eigenvalue weighted by molar-refractivity contribution is -0.145. The van der Waals surface area contributed by atoms with Crippen LogP contribution >= 0.6 is 23.2 Å². The molecule has 4 aromatic carbocycles. The number of likely N-dealkylation sites (N-methyl/N-ethyl adjacent to an activating group) is 1. The minimum absolute atomic E-state index is 0.00669.